The van der Waals surface area contributed by atoms with Crippen molar-refractivity contribution in [1.82, 2.24) is 0 Å². The molecule has 0 radical (unpaired) electrons. The van der Waals surface area contributed by atoms with Gasteiger partial charge in [-0.15, -0.1) is 13.2 Å². The quantitative estimate of drug-likeness (QED) is 0.525. The van der Waals surface area contributed by atoms with E-state index in [1.807, 2.05) is 0 Å². The lowest BCUT2D eigenvalue weighted by Gasteiger charge is -2.07. The fraction of sp³-hybridized carbons (Fsp3) is 0.667. The van der Waals surface area contributed by atoms with Crippen LogP contribution < -0.4 is 0 Å². The molecule has 1 heterocycles. The predicted octanol–water partition coefficient (Wildman–Crippen LogP) is 0.894. The average Bonchev–Trinajstić information content (AvgIpc) is 2.78. The van der Waals surface area contributed by atoms with Crippen LogP contribution in [0.25, 0.3) is 0 Å². The maximum atomic E-state index is 8.57. The van der Waals surface area contributed by atoms with Crippen LogP contribution in [0.4, 0.5) is 0 Å². The summed E-state index contributed by atoms with van der Waals surface area (Å²) in [5, 5.41) is 17.1. The normalized spacial score (nSPS) is 23.4. The first-order chi connectivity index (χ1) is 7.78. The topological polar surface area (TPSA) is 58.9 Å². The Labute approximate surface area is 97.2 Å². The fourth-order valence-corrected chi connectivity index (χ4v) is 1.28. The lowest BCUT2D eigenvalue weighted by molar-refractivity contribution is -0.0119. The minimum atomic E-state index is -0.0258. The van der Waals surface area contributed by atoms with Crippen LogP contribution in [0.3, 0.4) is 0 Å². The van der Waals surface area contributed by atoms with Crippen molar-refractivity contribution in [3.63, 3.8) is 0 Å². The lowest BCUT2D eigenvalue weighted by atomic mass is 10.2. The first-order valence-corrected chi connectivity index (χ1v) is 5.45. The van der Waals surface area contributed by atoms with Crippen LogP contribution >= 0.6 is 0 Å². The van der Waals surface area contributed by atoms with Gasteiger partial charge in [0, 0.05) is 0 Å². The van der Waals surface area contributed by atoms with Gasteiger partial charge in [0.15, 0.2) is 0 Å². The number of rotatable bonds is 6. The van der Waals surface area contributed by atoms with Gasteiger partial charge < -0.3 is 19.7 Å². The van der Waals surface area contributed by atoms with E-state index in [0.29, 0.717) is 13.2 Å². The molecular formula is C12H22O4. The molecule has 1 aliphatic heterocycles. The highest BCUT2D eigenvalue weighted by molar-refractivity contribution is 4.71. The second kappa shape index (κ2) is 10.8. The first kappa shape index (κ1) is 15.3. The Hall–Kier alpha value is -0.680. The number of hydrogen-bond acceptors (Lipinski definition) is 4. The molecule has 1 saturated heterocycles. The summed E-state index contributed by atoms with van der Waals surface area (Å²) in [4.78, 5) is 0. The highest BCUT2D eigenvalue weighted by atomic mass is 16.5. The van der Waals surface area contributed by atoms with Crippen LogP contribution in [-0.4, -0.2) is 48.8 Å². The molecule has 4 nitrogen and oxygen atoms in total. The summed E-state index contributed by atoms with van der Waals surface area (Å²) in [5.74, 6) is 0. The summed E-state index contributed by atoms with van der Waals surface area (Å²) >= 11 is 0. The molecule has 2 unspecified atom stereocenters. The van der Waals surface area contributed by atoms with Gasteiger partial charge in [-0.2, -0.15) is 0 Å². The third-order valence-electron chi connectivity index (χ3n) is 2.07. The summed E-state index contributed by atoms with van der Waals surface area (Å²) in [5.41, 5.74) is 0. The van der Waals surface area contributed by atoms with Crippen molar-refractivity contribution < 1.29 is 19.7 Å². The zero-order valence-electron chi connectivity index (χ0n) is 9.68. The van der Waals surface area contributed by atoms with E-state index in [0.717, 1.165) is 12.8 Å². The van der Waals surface area contributed by atoms with Crippen LogP contribution in [-0.2, 0) is 9.47 Å². The third kappa shape index (κ3) is 7.59. The summed E-state index contributed by atoms with van der Waals surface area (Å²) in [6, 6.07) is 0. The van der Waals surface area contributed by atoms with Crippen molar-refractivity contribution in [2.24, 2.45) is 0 Å². The number of hydrogen-bond donors (Lipinski definition) is 2. The maximum Gasteiger partial charge on any atom is 0.0811 e. The zero-order valence-corrected chi connectivity index (χ0v) is 9.68. The van der Waals surface area contributed by atoms with Gasteiger partial charge >= 0.3 is 0 Å². The summed E-state index contributed by atoms with van der Waals surface area (Å²) in [6.45, 7) is 8.34. The molecule has 1 fully saturated rings. The van der Waals surface area contributed by atoms with E-state index >= 15 is 0 Å². The molecule has 2 atom stereocenters. The van der Waals surface area contributed by atoms with Gasteiger partial charge in [0.25, 0.3) is 0 Å². The molecule has 0 aromatic carbocycles. The van der Waals surface area contributed by atoms with Crippen molar-refractivity contribution in [1.29, 1.82) is 0 Å². The van der Waals surface area contributed by atoms with E-state index in [1.54, 1.807) is 12.2 Å². The Balaban J connectivity index is 0.000000293. The molecule has 2 N–H and O–H groups in total. The predicted molar refractivity (Wildman–Crippen MR) is 63.3 cm³/mol. The molecule has 0 aromatic heterocycles. The van der Waals surface area contributed by atoms with Crippen LogP contribution in [0.15, 0.2) is 25.3 Å². The maximum absolute atomic E-state index is 8.57. The van der Waals surface area contributed by atoms with Gasteiger partial charge in [-0.25, -0.2) is 0 Å². The van der Waals surface area contributed by atoms with Crippen LogP contribution in [0, 0.1) is 0 Å². The Bertz CT molecular complexity index is 164. The summed E-state index contributed by atoms with van der Waals surface area (Å²) in [7, 11) is 0. The van der Waals surface area contributed by atoms with Gasteiger partial charge in [0.05, 0.1) is 38.6 Å². The van der Waals surface area contributed by atoms with E-state index in [1.165, 1.54) is 0 Å². The standard InChI is InChI=1S/C6H12O3.C6H10O/c7-3-5-1-2-6(4-8)9-5;1-3-5-7-6-4-2/h5-8H,1-4H2;3-4H,1-2,5-6H2. The minimum absolute atomic E-state index is 0.0258. The zero-order chi connectivity index (χ0) is 12.2. The first-order valence-electron chi connectivity index (χ1n) is 5.45. The second-order valence-electron chi connectivity index (χ2n) is 3.44. The van der Waals surface area contributed by atoms with Gasteiger partial charge in [0.1, 0.15) is 0 Å². The molecule has 4 heteroatoms. The molecule has 1 rings (SSSR count). The van der Waals surface area contributed by atoms with Gasteiger partial charge in [0.2, 0.25) is 0 Å². The molecule has 0 aliphatic carbocycles. The molecule has 0 aromatic rings. The molecule has 0 amide bonds. The molecule has 1 aliphatic rings. The minimum Gasteiger partial charge on any atom is -0.394 e. The van der Waals surface area contributed by atoms with Crippen molar-refractivity contribution >= 4 is 0 Å². The molecule has 16 heavy (non-hydrogen) atoms. The number of ether oxygens (including phenoxy) is 2. The van der Waals surface area contributed by atoms with E-state index in [2.05, 4.69) is 13.2 Å². The SMILES string of the molecule is C=CCOCC=C.OCC1CCC(CO)O1. The summed E-state index contributed by atoms with van der Waals surface area (Å²) < 4.78 is 10.1. The van der Waals surface area contributed by atoms with E-state index < -0.39 is 0 Å². The number of aliphatic hydroxyl groups excluding tert-OH is 2. The van der Waals surface area contributed by atoms with Gasteiger partial charge in [-0.1, -0.05) is 12.2 Å². The molecule has 0 saturated carbocycles. The fourth-order valence-electron chi connectivity index (χ4n) is 1.28. The van der Waals surface area contributed by atoms with Gasteiger partial charge in [-0.3, -0.25) is 0 Å². The Kier molecular flexibility index (Phi) is 10.4. The van der Waals surface area contributed by atoms with E-state index in [4.69, 9.17) is 19.7 Å². The largest absolute Gasteiger partial charge is 0.394 e. The van der Waals surface area contributed by atoms with Crippen LogP contribution in [0.5, 0.6) is 0 Å². The number of aliphatic hydroxyl groups is 2. The van der Waals surface area contributed by atoms with Crippen molar-refractivity contribution in [3.05, 3.63) is 25.3 Å². The Morgan fingerprint density at radius 2 is 1.50 bits per heavy atom. The van der Waals surface area contributed by atoms with E-state index in [9.17, 15) is 0 Å². The highest BCUT2D eigenvalue weighted by Gasteiger charge is 2.23. The van der Waals surface area contributed by atoms with Crippen LogP contribution in [0.2, 0.25) is 0 Å². The highest BCUT2D eigenvalue weighted by Crippen LogP contribution is 2.17. The second-order valence-corrected chi connectivity index (χ2v) is 3.44. The average molecular weight is 230 g/mol. The van der Waals surface area contributed by atoms with Crippen LogP contribution in [0.1, 0.15) is 12.8 Å². The van der Waals surface area contributed by atoms with Crippen molar-refractivity contribution in [2.45, 2.75) is 25.0 Å². The Morgan fingerprint density at radius 3 is 1.75 bits per heavy atom. The molecule has 94 valence electrons. The molecule has 0 bridgehead atoms. The third-order valence-corrected chi connectivity index (χ3v) is 2.07. The molecule has 0 spiro atoms. The lowest BCUT2D eigenvalue weighted by Crippen LogP contribution is -2.16. The molecular weight excluding hydrogens is 208 g/mol. The van der Waals surface area contributed by atoms with Gasteiger partial charge in [-0.05, 0) is 12.8 Å². The van der Waals surface area contributed by atoms with E-state index in [-0.39, 0.29) is 25.4 Å². The smallest absolute Gasteiger partial charge is 0.0811 e. The van der Waals surface area contributed by atoms with Crippen molar-refractivity contribution in [2.75, 3.05) is 26.4 Å². The Morgan fingerprint density at radius 1 is 1.06 bits per heavy atom. The van der Waals surface area contributed by atoms with Crippen molar-refractivity contribution in [3.8, 4) is 0 Å². The summed E-state index contributed by atoms with van der Waals surface area (Å²) in [6.07, 6.45) is 5.13. The monoisotopic (exact) mass is 230 g/mol.